The van der Waals surface area contributed by atoms with Crippen LogP contribution in [0.3, 0.4) is 0 Å². The molecule has 1 saturated heterocycles. The standard InChI is InChI=1S/C26H27F2N5O4/c1-15-4-5-33-20(11-17-12-31(25(34)35)6-7-37-17)24(30-22(33)8-15)23-18(27)9-16(10-19(23)28)32-13-21(29-14-32)26(2,3)36/h4-5,8-10,13-14,17,36H,6-7,11-12H2,1-3H3,(H,34,35). The maximum Gasteiger partial charge on any atom is 0.407 e. The largest absolute Gasteiger partial charge is 0.465 e. The molecule has 0 aliphatic carbocycles. The SMILES string of the molecule is Cc1ccn2c(CC3CN(C(=O)O)CCO3)c(-c3c(F)cc(-n4cnc(C(C)(C)O)c4)cc3F)nc2c1. The average molecular weight is 512 g/mol. The van der Waals surface area contributed by atoms with Gasteiger partial charge in [0.15, 0.2) is 0 Å². The number of amides is 1. The summed E-state index contributed by atoms with van der Waals surface area (Å²) in [5.74, 6) is -1.63. The second-order valence-corrected chi connectivity index (χ2v) is 9.77. The number of aliphatic hydroxyl groups is 1. The minimum atomic E-state index is -1.21. The highest BCUT2D eigenvalue weighted by molar-refractivity contribution is 5.69. The van der Waals surface area contributed by atoms with Crippen LogP contribution >= 0.6 is 0 Å². The molecule has 1 aliphatic heterocycles. The van der Waals surface area contributed by atoms with Crippen molar-refractivity contribution in [1.82, 2.24) is 23.8 Å². The molecule has 1 atom stereocenters. The maximum atomic E-state index is 15.6. The third kappa shape index (κ3) is 4.79. The Hall–Kier alpha value is -3.83. The zero-order valence-electron chi connectivity index (χ0n) is 20.7. The quantitative estimate of drug-likeness (QED) is 0.421. The van der Waals surface area contributed by atoms with Gasteiger partial charge in [0.1, 0.15) is 22.9 Å². The summed E-state index contributed by atoms with van der Waals surface area (Å²) in [5, 5.41) is 19.6. The number of imidazole rings is 2. The Balaban J connectivity index is 1.58. The summed E-state index contributed by atoms with van der Waals surface area (Å²) in [6, 6.07) is 6.06. The zero-order valence-corrected chi connectivity index (χ0v) is 20.7. The number of aromatic nitrogens is 4. The number of hydrogen-bond acceptors (Lipinski definition) is 5. The van der Waals surface area contributed by atoms with Crippen LogP contribution < -0.4 is 0 Å². The number of hydrogen-bond donors (Lipinski definition) is 2. The topological polar surface area (TPSA) is 105 Å². The van der Waals surface area contributed by atoms with E-state index in [0.717, 1.165) is 5.56 Å². The lowest BCUT2D eigenvalue weighted by molar-refractivity contribution is -0.0214. The van der Waals surface area contributed by atoms with Gasteiger partial charge in [0.25, 0.3) is 0 Å². The van der Waals surface area contributed by atoms with Gasteiger partial charge in [-0.25, -0.2) is 23.5 Å². The smallest absolute Gasteiger partial charge is 0.407 e. The third-order valence-electron chi connectivity index (χ3n) is 6.48. The lowest BCUT2D eigenvalue weighted by Gasteiger charge is -2.31. The van der Waals surface area contributed by atoms with Crippen LogP contribution in [0.2, 0.25) is 0 Å². The van der Waals surface area contributed by atoms with Crippen LogP contribution in [-0.2, 0) is 16.8 Å². The first-order valence-electron chi connectivity index (χ1n) is 11.8. The Labute approximate surface area is 211 Å². The molecule has 0 bridgehead atoms. The predicted octanol–water partition coefficient (Wildman–Crippen LogP) is 3.92. The van der Waals surface area contributed by atoms with Gasteiger partial charge in [-0.15, -0.1) is 0 Å². The van der Waals surface area contributed by atoms with E-state index in [0.29, 0.717) is 17.0 Å². The molecule has 0 radical (unpaired) electrons. The third-order valence-corrected chi connectivity index (χ3v) is 6.48. The monoisotopic (exact) mass is 511 g/mol. The molecule has 3 aromatic heterocycles. The van der Waals surface area contributed by atoms with Crippen LogP contribution in [0.15, 0.2) is 43.0 Å². The number of fused-ring (bicyclic) bond motifs is 1. The van der Waals surface area contributed by atoms with Gasteiger partial charge < -0.3 is 28.8 Å². The number of pyridine rings is 1. The highest BCUT2D eigenvalue weighted by Crippen LogP contribution is 2.33. The highest BCUT2D eigenvalue weighted by atomic mass is 19.1. The minimum Gasteiger partial charge on any atom is -0.465 e. The molecule has 4 aromatic rings. The Bertz CT molecular complexity index is 1470. The number of morpholine rings is 1. The highest BCUT2D eigenvalue weighted by Gasteiger charge is 2.29. The van der Waals surface area contributed by atoms with Crippen LogP contribution in [0.4, 0.5) is 13.6 Å². The fourth-order valence-electron chi connectivity index (χ4n) is 4.54. The molecule has 194 valence electrons. The first-order chi connectivity index (χ1) is 17.5. The van der Waals surface area contributed by atoms with Gasteiger partial charge in [-0.3, -0.25) is 0 Å². The molecule has 9 nitrogen and oxygen atoms in total. The van der Waals surface area contributed by atoms with Crippen LogP contribution in [0.1, 0.15) is 30.8 Å². The Kier molecular flexibility index (Phi) is 6.20. The number of carbonyl (C=O) groups is 1. The molecule has 1 aliphatic rings. The average Bonchev–Trinajstić information content (AvgIpc) is 3.45. The van der Waals surface area contributed by atoms with E-state index in [1.165, 1.54) is 34.1 Å². The molecule has 5 rings (SSSR count). The fourth-order valence-corrected chi connectivity index (χ4v) is 4.54. The van der Waals surface area contributed by atoms with Crippen LogP contribution in [0, 0.1) is 18.6 Å². The Morgan fingerprint density at radius 1 is 1.24 bits per heavy atom. The van der Waals surface area contributed by atoms with Gasteiger partial charge >= 0.3 is 6.09 Å². The number of nitrogens with zero attached hydrogens (tertiary/aromatic N) is 5. The van der Waals surface area contributed by atoms with Crippen molar-refractivity contribution in [2.24, 2.45) is 0 Å². The van der Waals surface area contributed by atoms with E-state index in [1.807, 2.05) is 19.1 Å². The Morgan fingerprint density at radius 2 is 1.97 bits per heavy atom. The first-order valence-corrected chi connectivity index (χ1v) is 11.8. The zero-order chi connectivity index (χ0) is 26.5. The normalized spacial score (nSPS) is 16.5. The predicted molar refractivity (Wildman–Crippen MR) is 131 cm³/mol. The molecule has 11 heteroatoms. The second kappa shape index (κ2) is 9.24. The summed E-state index contributed by atoms with van der Waals surface area (Å²) < 4.78 is 40.1. The molecule has 1 fully saturated rings. The summed E-state index contributed by atoms with van der Waals surface area (Å²) in [4.78, 5) is 21.4. The molecule has 0 spiro atoms. The van der Waals surface area contributed by atoms with Crippen molar-refractivity contribution < 1.29 is 28.5 Å². The Morgan fingerprint density at radius 3 is 2.62 bits per heavy atom. The molecule has 1 amide bonds. The van der Waals surface area contributed by atoms with Crippen molar-refractivity contribution in [3.05, 3.63) is 71.6 Å². The maximum absolute atomic E-state index is 15.6. The number of halogens is 2. The molecule has 2 N–H and O–H groups in total. The fraction of sp³-hybridized carbons (Fsp3) is 0.346. The van der Waals surface area contributed by atoms with Crippen molar-refractivity contribution in [3.63, 3.8) is 0 Å². The van der Waals surface area contributed by atoms with Crippen LogP contribution in [-0.4, -0.2) is 65.9 Å². The van der Waals surface area contributed by atoms with Crippen molar-refractivity contribution in [2.45, 2.75) is 38.9 Å². The number of benzene rings is 1. The van der Waals surface area contributed by atoms with Gasteiger partial charge in [0.05, 0.1) is 53.9 Å². The molecule has 0 saturated carbocycles. The number of ether oxygens (including phenoxy) is 1. The lowest BCUT2D eigenvalue weighted by Crippen LogP contribution is -2.45. The first kappa shape index (κ1) is 24.8. The van der Waals surface area contributed by atoms with E-state index >= 15 is 8.78 Å². The van der Waals surface area contributed by atoms with E-state index in [9.17, 15) is 15.0 Å². The second-order valence-electron chi connectivity index (χ2n) is 9.77. The summed E-state index contributed by atoms with van der Waals surface area (Å²) >= 11 is 0. The van der Waals surface area contributed by atoms with E-state index in [4.69, 9.17) is 4.74 Å². The lowest BCUT2D eigenvalue weighted by atomic mass is 10.0. The van der Waals surface area contributed by atoms with E-state index in [-0.39, 0.29) is 43.1 Å². The molecule has 1 aromatic carbocycles. The van der Waals surface area contributed by atoms with Crippen molar-refractivity contribution in [2.75, 3.05) is 19.7 Å². The number of carboxylic acid groups (broad SMARTS) is 1. The van der Waals surface area contributed by atoms with Crippen molar-refractivity contribution in [3.8, 4) is 16.9 Å². The number of rotatable bonds is 5. The molecule has 37 heavy (non-hydrogen) atoms. The van der Waals surface area contributed by atoms with E-state index in [1.54, 1.807) is 24.4 Å². The molecule has 1 unspecified atom stereocenters. The van der Waals surface area contributed by atoms with Gasteiger partial charge in [-0.1, -0.05) is 0 Å². The summed E-state index contributed by atoms with van der Waals surface area (Å²) in [7, 11) is 0. The molecular weight excluding hydrogens is 484 g/mol. The van der Waals surface area contributed by atoms with E-state index in [2.05, 4.69) is 9.97 Å². The van der Waals surface area contributed by atoms with Gasteiger partial charge in [0.2, 0.25) is 0 Å². The van der Waals surface area contributed by atoms with Crippen LogP contribution in [0.5, 0.6) is 0 Å². The summed E-state index contributed by atoms with van der Waals surface area (Å²) in [5.41, 5.74) is 1.17. The van der Waals surface area contributed by atoms with Gasteiger partial charge in [-0.2, -0.15) is 0 Å². The van der Waals surface area contributed by atoms with Crippen molar-refractivity contribution >= 4 is 11.7 Å². The van der Waals surface area contributed by atoms with Gasteiger partial charge in [-0.05, 0) is 50.6 Å². The van der Waals surface area contributed by atoms with Crippen molar-refractivity contribution in [1.29, 1.82) is 0 Å². The van der Waals surface area contributed by atoms with Gasteiger partial charge in [0, 0.05) is 25.4 Å². The summed E-state index contributed by atoms with van der Waals surface area (Å²) in [6.45, 7) is 5.68. The molecular formula is C26H27F2N5O4. The van der Waals surface area contributed by atoms with Crippen LogP contribution in [0.25, 0.3) is 22.6 Å². The number of aryl methyl sites for hydroxylation is 1. The molecule has 4 heterocycles. The van der Waals surface area contributed by atoms with E-state index < -0.39 is 29.4 Å². The minimum absolute atomic E-state index is 0.131. The summed E-state index contributed by atoms with van der Waals surface area (Å²) in [6.07, 6.45) is 3.35.